The molecule has 2 aliphatic rings. The molecule has 0 bridgehead atoms. The van der Waals surface area contributed by atoms with Crippen LogP contribution in [-0.2, 0) is 0 Å². The summed E-state index contributed by atoms with van der Waals surface area (Å²) in [6.07, 6.45) is 7.96. The van der Waals surface area contributed by atoms with Crippen molar-refractivity contribution >= 4 is 6.03 Å². The van der Waals surface area contributed by atoms with E-state index in [1.165, 1.54) is 19.3 Å². The Kier molecular flexibility index (Phi) is 5.88. The Morgan fingerprint density at radius 1 is 1.05 bits per heavy atom. The fraction of sp³-hybridized carbons (Fsp3) is 0.938. The lowest BCUT2D eigenvalue weighted by Gasteiger charge is -2.35. The maximum atomic E-state index is 12.0. The number of β-amino-alcohol motifs (C(OH)–C–C–N with tert-alkyl or cyclic N) is 1. The average Bonchev–Trinajstić information content (AvgIpc) is 2.40. The van der Waals surface area contributed by atoms with Gasteiger partial charge >= 0.3 is 6.03 Å². The molecule has 0 spiro atoms. The zero-order valence-corrected chi connectivity index (χ0v) is 13.5. The van der Waals surface area contributed by atoms with Crippen molar-refractivity contribution in [2.24, 2.45) is 0 Å². The normalized spacial score (nSPS) is 23.0. The first-order valence-electron chi connectivity index (χ1n) is 8.44. The largest absolute Gasteiger partial charge is 0.389 e. The molecule has 1 saturated carbocycles. The molecule has 0 atom stereocenters. The molecular formula is C16H31N3O2. The Labute approximate surface area is 128 Å². The van der Waals surface area contributed by atoms with Crippen molar-refractivity contribution in [3.8, 4) is 0 Å². The summed E-state index contributed by atoms with van der Waals surface area (Å²) in [7, 11) is 0. The number of nitrogens with zero attached hydrogens (tertiary/aromatic N) is 1. The summed E-state index contributed by atoms with van der Waals surface area (Å²) >= 11 is 0. The van der Waals surface area contributed by atoms with Gasteiger partial charge in [-0.2, -0.15) is 0 Å². The number of likely N-dealkylation sites (tertiary alicyclic amines) is 1. The van der Waals surface area contributed by atoms with Crippen LogP contribution in [0.15, 0.2) is 0 Å². The molecule has 5 heteroatoms. The van der Waals surface area contributed by atoms with E-state index in [1.54, 1.807) is 0 Å². The Morgan fingerprint density at radius 2 is 1.57 bits per heavy atom. The van der Waals surface area contributed by atoms with E-state index in [9.17, 15) is 9.90 Å². The molecule has 0 unspecified atom stereocenters. The van der Waals surface area contributed by atoms with Crippen LogP contribution in [0.1, 0.15) is 58.8 Å². The van der Waals surface area contributed by atoms with Crippen LogP contribution in [0.5, 0.6) is 0 Å². The minimum atomic E-state index is -0.640. The van der Waals surface area contributed by atoms with Gasteiger partial charge in [0, 0.05) is 31.7 Å². The first kappa shape index (κ1) is 16.6. The highest BCUT2D eigenvalue weighted by Crippen LogP contribution is 2.17. The molecule has 21 heavy (non-hydrogen) atoms. The molecule has 2 amide bonds. The molecule has 0 aromatic carbocycles. The highest BCUT2D eigenvalue weighted by Gasteiger charge is 2.25. The van der Waals surface area contributed by atoms with E-state index in [-0.39, 0.29) is 12.1 Å². The van der Waals surface area contributed by atoms with Crippen LogP contribution >= 0.6 is 0 Å². The van der Waals surface area contributed by atoms with Crippen LogP contribution in [0.2, 0.25) is 0 Å². The smallest absolute Gasteiger partial charge is 0.315 e. The molecule has 1 heterocycles. The third kappa shape index (κ3) is 6.22. The average molecular weight is 297 g/mol. The van der Waals surface area contributed by atoms with E-state index in [0.29, 0.717) is 12.6 Å². The van der Waals surface area contributed by atoms with Gasteiger partial charge in [-0.1, -0.05) is 19.3 Å². The highest BCUT2D eigenvalue weighted by molar-refractivity contribution is 5.74. The number of amides is 2. The number of hydrogen-bond donors (Lipinski definition) is 3. The second-order valence-electron chi connectivity index (χ2n) is 7.32. The molecular weight excluding hydrogens is 266 g/mol. The number of piperidine rings is 1. The van der Waals surface area contributed by atoms with Crippen molar-refractivity contribution in [1.29, 1.82) is 0 Å². The first-order valence-corrected chi connectivity index (χ1v) is 8.44. The summed E-state index contributed by atoms with van der Waals surface area (Å²) in [5.41, 5.74) is -0.640. The van der Waals surface area contributed by atoms with E-state index in [0.717, 1.165) is 38.8 Å². The maximum absolute atomic E-state index is 12.0. The number of aliphatic hydroxyl groups is 1. The summed E-state index contributed by atoms with van der Waals surface area (Å²) in [5.74, 6) is 0. The fourth-order valence-corrected chi connectivity index (χ4v) is 3.44. The maximum Gasteiger partial charge on any atom is 0.315 e. The van der Waals surface area contributed by atoms with Crippen molar-refractivity contribution in [1.82, 2.24) is 15.5 Å². The van der Waals surface area contributed by atoms with Crippen LogP contribution in [-0.4, -0.2) is 53.4 Å². The molecule has 1 saturated heterocycles. The topological polar surface area (TPSA) is 64.6 Å². The zero-order chi connectivity index (χ0) is 15.3. The summed E-state index contributed by atoms with van der Waals surface area (Å²) in [4.78, 5) is 14.3. The van der Waals surface area contributed by atoms with Crippen molar-refractivity contribution in [2.75, 3.05) is 19.6 Å². The Morgan fingerprint density at radius 3 is 2.10 bits per heavy atom. The molecule has 122 valence electrons. The Hall–Kier alpha value is -0.810. The number of rotatable bonds is 4. The summed E-state index contributed by atoms with van der Waals surface area (Å²) in [5, 5.41) is 16.1. The second-order valence-corrected chi connectivity index (χ2v) is 7.32. The number of hydrogen-bond acceptors (Lipinski definition) is 3. The van der Waals surface area contributed by atoms with Gasteiger partial charge < -0.3 is 20.6 Å². The van der Waals surface area contributed by atoms with Gasteiger partial charge in [0.05, 0.1) is 5.60 Å². The van der Waals surface area contributed by atoms with Gasteiger partial charge in [0.1, 0.15) is 0 Å². The van der Waals surface area contributed by atoms with Gasteiger partial charge in [0.2, 0.25) is 0 Å². The minimum absolute atomic E-state index is 0.00263. The zero-order valence-electron chi connectivity index (χ0n) is 13.5. The van der Waals surface area contributed by atoms with E-state index in [2.05, 4.69) is 15.5 Å². The fourth-order valence-electron chi connectivity index (χ4n) is 3.44. The Balaban J connectivity index is 1.64. The van der Waals surface area contributed by atoms with Crippen molar-refractivity contribution in [2.45, 2.75) is 76.5 Å². The number of carbonyl (C=O) groups excluding carboxylic acids is 1. The lowest BCUT2D eigenvalue weighted by Crippen LogP contribution is -2.51. The third-order valence-corrected chi connectivity index (χ3v) is 4.47. The first-order chi connectivity index (χ1) is 9.92. The van der Waals surface area contributed by atoms with E-state index < -0.39 is 5.60 Å². The quantitative estimate of drug-likeness (QED) is 0.742. The molecule has 0 radical (unpaired) electrons. The number of nitrogens with one attached hydrogen (secondary N) is 2. The van der Waals surface area contributed by atoms with Gasteiger partial charge in [-0.05, 0) is 39.5 Å². The minimum Gasteiger partial charge on any atom is -0.389 e. The summed E-state index contributed by atoms with van der Waals surface area (Å²) < 4.78 is 0. The lowest BCUT2D eigenvalue weighted by molar-refractivity contribution is 0.0273. The summed E-state index contributed by atoms with van der Waals surface area (Å²) in [6, 6.07) is 0.642. The van der Waals surface area contributed by atoms with Crippen LogP contribution in [0, 0.1) is 0 Å². The van der Waals surface area contributed by atoms with Crippen LogP contribution in [0.4, 0.5) is 4.79 Å². The predicted molar refractivity (Wildman–Crippen MR) is 84.3 cm³/mol. The molecule has 2 fully saturated rings. The monoisotopic (exact) mass is 297 g/mol. The van der Waals surface area contributed by atoms with E-state index in [1.807, 2.05) is 13.8 Å². The number of urea groups is 1. The third-order valence-electron chi connectivity index (χ3n) is 4.47. The molecule has 1 aliphatic carbocycles. The van der Waals surface area contributed by atoms with Crippen LogP contribution in [0.3, 0.4) is 0 Å². The predicted octanol–water partition coefficient (Wildman–Crippen LogP) is 1.85. The lowest BCUT2D eigenvalue weighted by atomic mass is 9.96. The highest BCUT2D eigenvalue weighted by atomic mass is 16.3. The van der Waals surface area contributed by atoms with E-state index in [4.69, 9.17) is 0 Å². The SMILES string of the molecule is CC(C)(O)CN1CCC(NC(=O)NC2CCCCC2)CC1. The standard InChI is InChI=1S/C16H31N3O2/c1-16(2,21)12-19-10-8-14(9-11-19)18-15(20)17-13-6-4-3-5-7-13/h13-14,21H,3-12H2,1-2H3,(H2,17,18,20). The molecule has 3 N–H and O–H groups in total. The van der Waals surface area contributed by atoms with Gasteiger partial charge in [-0.15, -0.1) is 0 Å². The van der Waals surface area contributed by atoms with E-state index >= 15 is 0 Å². The van der Waals surface area contributed by atoms with Crippen molar-refractivity contribution in [3.05, 3.63) is 0 Å². The van der Waals surface area contributed by atoms with Gasteiger partial charge in [-0.3, -0.25) is 0 Å². The molecule has 5 nitrogen and oxygen atoms in total. The summed E-state index contributed by atoms with van der Waals surface area (Å²) in [6.45, 7) is 6.27. The molecule has 0 aromatic rings. The molecule has 1 aliphatic heterocycles. The number of carbonyl (C=O) groups is 1. The molecule has 0 aromatic heterocycles. The van der Waals surface area contributed by atoms with Gasteiger partial charge in [-0.25, -0.2) is 4.79 Å². The Bertz CT molecular complexity index is 327. The second kappa shape index (κ2) is 7.45. The van der Waals surface area contributed by atoms with Crippen LogP contribution in [0.25, 0.3) is 0 Å². The van der Waals surface area contributed by atoms with Crippen LogP contribution < -0.4 is 10.6 Å². The van der Waals surface area contributed by atoms with Crippen molar-refractivity contribution in [3.63, 3.8) is 0 Å². The van der Waals surface area contributed by atoms with Gasteiger partial charge in [0.15, 0.2) is 0 Å². The van der Waals surface area contributed by atoms with Gasteiger partial charge in [0.25, 0.3) is 0 Å². The van der Waals surface area contributed by atoms with Crippen molar-refractivity contribution < 1.29 is 9.90 Å². The molecule has 2 rings (SSSR count).